The van der Waals surface area contributed by atoms with Gasteiger partial charge in [-0.25, -0.2) is 0 Å². The van der Waals surface area contributed by atoms with Crippen LogP contribution in [-0.2, 0) is 17.8 Å². The van der Waals surface area contributed by atoms with Crippen LogP contribution in [0.4, 0.5) is 0 Å². The number of aliphatic imine (C=N–C) groups is 1. The van der Waals surface area contributed by atoms with Crippen molar-refractivity contribution in [2.45, 2.75) is 32.5 Å². The fourth-order valence-corrected chi connectivity index (χ4v) is 3.84. The lowest BCUT2D eigenvalue weighted by atomic mass is 10.1. The highest BCUT2D eigenvalue weighted by Crippen LogP contribution is 2.38. The highest BCUT2D eigenvalue weighted by atomic mass is 35.5. The fourth-order valence-electron chi connectivity index (χ4n) is 3.55. The lowest BCUT2D eigenvalue weighted by Crippen LogP contribution is -2.36. The Morgan fingerprint density at radius 1 is 1.13 bits per heavy atom. The second-order valence-corrected chi connectivity index (χ2v) is 8.00. The summed E-state index contributed by atoms with van der Waals surface area (Å²) in [4.78, 5) is 4.32. The molecule has 31 heavy (non-hydrogen) atoms. The van der Waals surface area contributed by atoms with Crippen molar-refractivity contribution < 1.29 is 18.9 Å². The number of nitrogens with one attached hydrogen (secondary N) is 2. The highest BCUT2D eigenvalue weighted by Gasteiger charge is 2.19. The van der Waals surface area contributed by atoms with Gasteiger partial charge in [-0.3, -0.25) is 4.99 Å². The van der Waals surface area contributed by atoms with E-state index in [1.807, 2.05) is 12.1 Å². The van der Waals surface area contributed by atoms with Crippen LogP contribution in [0.15, 0.2) is 35.3 Å². The maximum absolute atomic E-state index is 6.34. The van der Waals surface area contributed by atoms with Crippen molar-refractivity contribution in [1.82, 2.24) is 10.6 Å². The van der Waals surface area contributed by atoms with Crippen LogP contribution in [0.2, 0.25) is 5.02 Å². The number of fused-ring (bicyclic) bond motifs is 1. The Hall–Kier alpha value is -2.64. The maximum atomic E-state index is 6.34. The van der Waals surface area contributed by atoms with E-state index in [9.17, 15) is 0 Å². The largest absolute Gasteiger partial charge is 0.488 e. The Bertz CT molecular complexity index is 945. The molecule has 0 spiro atoms. The van der Waals surface area contributed by atoms with Crippen molar-refractivity contribution in [1.29, 1.82) is 0 Å². The number of hydrogen-bond acceptors (Lipinski definition) is 5. The Labute approximate surface area is 187 Å². The van der Waals surface area contributed by atoms with Gasteiger partial charge in [-0.05, 0) is 36.2 Å². The predicted molar refractivity (Wildman–Crippen MR) is 121 cm³/mol. The Kier molecular flexibility index (Phi) is 7.04. The predicted octanol–water partition coefficient (Wildman–Crippen LogP) is 3.45. The minimum Gasteiger partial charge on any atom is -0.488 e. The second-order valence-electron chi connectivity index (χ2n) is 7.60. The van der Waals surface area contributed by atoms with Crippen LogP contribution in [0.25, 0.3) is 0 Å². The molecule has 4 rings (SSSR count). The van der Waals surface area contributed by atoms with Gasteiger partial charge >= 0.3 is 0 Å². The highest BCUT2D eigenvalue weighted by molar-refractivity contribution is 6.32. The van der Waals surface area contributed by atoms with Crippen molar-refractivity contribution in [2.24, 2.45) is 4.99 Å². The number of aryl methyl sites for hydroxylation is 1. The van der Waals surface area contributed by atoms with E-state index in [0.717, 1.165) is 35.5 Å². The van der Waals surface area contributed by atoms with Crippen molar-refractivity contribution in [3.63, 3.8) is 0 Å². The maximum Gasteiger partial charge on any atom is 0.191 e. The molecule has 1 atom stereocenters. The van der Waals surface area contributed by atoms with Gasteiger partial charge in [0.2, 0.25) is 0 Å². The van der Waals surface area contributed by atoms with Crippen molar-refractivity contribution in [3.05, 3.63) is 52.0 Å². The SMILES string of the molecule is CN=C(NCc1cc(Cl)c2c(c1)OCCO2)NCc1ccc(C)cc1OC1CCOC1. The first-order valence-corrected chi connectivity index (χ1v) is 10.9. The van der Waals surface area contributed by atoms with E-state index in [-0.39, 0.29) is 6.10 Å². The molecule has 0 saturated carbocycles. The molecule has 2 aliphatic rings. The average Bonchev–Trinajstić information content (AvgIpc) is 3.28. The standard InChI is InChI=1S/C23H28ClN3O4/c1-15-3-4-17(20(9-15)31-18-5-6-28-14-18)13-27-23(25-2)26-12-16-10-19(24)22-21(11-16)29-7-8-30-22/h3-4,9-11,18H,5-8,12-14H2,1-2H3,(H2,25,26,27). The number of hydrogen-bond donors (Lipinski definition) is 2. The number of ether oxygens (including phenoxy) is 4. The monoisotopic (exact) mass is 445 g/mol. The third kappa shape index (κ3) is 5.54. The topological polar surface area (TPSA) is 73.3 Å². The molecule has 0 radical (unpaired) electrons. The van der Waals surface area contributed by atoms with Gasteiger partial charge in [0.1, 0.15) is 25.1 Å². The second kappa shape index (κ2) is 10.1. The molecule has 2 aromatic carbocycles. The summed E-state index contributed by atoms with van der Waals surface area (Å²) >= 11 is 6.34. The molecular weight excluding hydrogens is 418 g/mol. The smallest absolute Gasteiger partial charge is 0.191 e. The molecule has 0 aromatic heterocycles. The van der Waals surface area contributed by atoms with Crippen LogP contribution in [0.1, 0.15) is 23.1 Å². The van der Waals surface area contributed by atoms with Gasteiger partial charge in [-0.15, -0.1) is 0 Å². The first-order valence-electron chi connectivity index (χ1n) is 10.5. The van der Waals surface area contributed by atoms with Gasteiger partial charge in [0.15, 0.2) is 17.5 Å². The molecule has 0 bridgehead atoms. The van der Waals surface area contributed by atoms with Crippen LogP contribution in [0.5, 0.6) is 17.2 Å². The lowest BCUT2D eigenvalue weighted by molar-refractivity contribution is 0.140. The minimum atomic E-state index is 0.109. The van der Waals surface area contributed by atoms with Gasteiger partial charge in [0, 0.05) is 32.1 Å². The molecule has 0 aliphatic carbocycles. The van der Waals surface area contributed by atoms with E-state index >= 15 is 0 Å². The molecule has 1 fully saturated rings. The number of guanidine groups is 1. The minimum absolute atomic E-state index is 0.109. The van der Waals surface area contributed by atoms with E-state index in [2.05, 4.69) is 40.7 Å². The summed E-state index contributed by atoms with van der Waals surface area (Å²) in [7, 11) is 1.74. The van der Waals surface area contributed by atoms with Gasteiger partial charge in [0.25, 0.3) is 0 Å². The summed E-state index contributed by atoms with van der Waals surface area (Å²) in [5.74, 6) is 2.85. The summed E-state index contributed by atoms with van der Waals surface area (Å²) in [6, 6.07) is 10.1. The summed E-state index contributed by atoms with van der Waals surface area (Å²) in [6.45, 7) is 5.63. The van der Waals surface area contributed by atoms with Crippen LogP contribution in [-0.4, -0.2) is 45.5 Å². The molecule has 8 heteroatoms. The first kappa shape index (κ1) is 21.6. The van der Waals surface area contributed by atoms with Crippen LogP contribution in [0.3, 0.4) is 0 Å². The van der Waals surface area contributed by atoms with E-state index in [4.69, 9.17) is 30.5 Å². The normalized spacial score (nSPS) is 18.0. The van der Waals surface area contributed by atoms with Crippen molar-refractivity contribution in [3.8, 4) is 17.2 Å². The van der Waals surface area contributed by atoms with E-state index in [1.165, 1.54) is 0 Å². The summed E-state index contributed by atoms with van der Waals surface area (Å²) in [5.41, 5.74) is 3.22. The molecule has 2 aromatic rings. The van der Waals surface area contributed by atoms with E-state index in [0.29, 0.717) is 55.4 Å². The molecule has 1 saturated heterocycles. The average molecular weight is 446 g/mol. The molecule has 0 amide bonds. The van der Waals surface area contributed by atoms with Gasteiger partial charge in [-0.1, -0.05) is 23.7 Å². The molecule has 166 valence electrons. The molecule has 7 nitrogen and oxygen atoms in total. The third-order valence-corrected chi connectivity index (χ3v) is 5.47. The van der Waals surface area contributed by atoms with E-state index < -0.39 is 0 Å². The zero-order valence-electron chi connectivity index (χ0n) is 17.9. The fraction of sp³-hybridized carbons (Fsp3) is 0.435. The molecular formula is C23H28ClN3O4. The quantitative estimate of drug-likeness (QED) is 0.524. The van der Waals surface area contributed by atoms with Crippen molar-refractivity contribution in [2.75, 3.05) is 33.5 Å². The van der Waals surface area contributed by atoms with Crippen LogP contribution < -0.4 is 24.8 Å². The molecule has 2 N–H and O–H groups in total. The van der Waals surface area contributed by atoms with Crippen molar-refractivity contribution >= 4 is 17.6 Å². The summed E-state index contributed by atoms with van der Waals surface area (Å²) < 4.78 is 22.9. The summed E-state index contributed by atoms with van der Waals surface area (Å²) in [5, 5.41) is 7.22. The Morgan fingerprint density at radius 2 is 1.97 bits per heavy atom. The number of nitrogens with zero attached hydrogens (tertiary/aromatic N) is 1. The van der Waals surface area contributed by atoms with E-state index in [1.54, 1.807) is 7.05 Å². The molecule has 2 aliphatic heterocycles. The zero-order valence-corrected chi connectivity index (χ0v) is 18.6. The van der Waals surface area contributed by atoms with Crippen LogP contribution in [0, 0.1) is 6.92 Å². The number of halogens is 1. The Morgan fingerprint density at radius 3 is 2.77 bits per heavy atom. The van der Waals surface area contributed by atoms with Gasteiger partial charge in [0.05, 0.1) is 18.2 Å². The summed E-state index contributed by atoms with van der Waals surface area (Å²) in [6.07, 6.45) is 1.03. The molecule has 1 unspecified atom stereocenters. The number of rotatable bonds is 6. The first-order chi connectivity index (χ1) is 15.1. The lowest BCUT2D eigenvalue weighted by Gasteiger charge is -2.21. The zero-order chi connectivity index (χ0) is 21.6. The van der Waals surface area contributed by atoms with Gasteiger partial charge < -0.3 is 29.6 Å². The number of benzene rings is 2. The third-order valence-electron chi connectivity index (χ3n) is 5.19. The molecule has 2 heterocycles. The van der Waals surface area contributed by atoms with Gasteiger partial charge in [-0.2, -0.15) is 0 Å². The Balaban J connectivity index is 1.36. The van der Waals surface area contributed by atoms with Crippen LogP contribution >= 0.6 is 11.6 Å².